The first-order valence-corrected chi connectivity index (χ1v) is 10.7. The van der Waals surface area contributed by atoms with E-state index in [1.807, 2.05) is 18.2 Å². The van der Waals surface area contributed by atoms with Gasteiger partial charge in [-0.3, -0.25) is 5.10 Å². The van der Waals surface area contributed by atoms with E-state index >= 15 is 0 Å². The lowest BCUT2D eigenvalue weighted by Crippen LogP contribution is -2.54. The second-order valence-electron chi connectivity index (χ2n) is 9.20. The predicted molar refractivity (Wildman–Crippen MR) is 120 cm³/mol. The molecule has 2 aliphatic rings. The third-order valence-corrected chi connectivity index (χ3v) is 6.79. The van der Waals surface area contributed by atoms with E-state index in [0.717, 1.165) is 42.0 Å². The van der Waals surface area contributed by atoms with E-state index in [1.165, 1.54) is 0 Å². The zero-order valence-corrected chi connectivity index (χ0v) is 17.3. The number of hydrogen-bond donors (Lipinski definition) is 2. The number of fused-ring (bicyclic) bond motifs is 4. The number of anilines is 1. The molecular weight excluding hydrogens is 386 g/mol. The van der Waals surface area contributed by atoms with Crippen LogP contribution in [0.15, 0.2) is 42.5 Å². The molecule has 2 fully saturated rings. The molecule has 0 spiro atoms. The maximum absolute atomic E-state index is 9.93. The minimum Gasteiger partial charge on any atom is -0.335 e. The first-order chi connectivity index (χ1) is 15.0. The van der Waals surface area contributed by atoms with Crippen LogP contribution in [0.4, 0.5) is 5.95 Å². The standard InChI is InChI=1S/C24H23N7/c1-24(26)11-17-8-9-18(12-24)31(17)23-27-19(13-25)20-21(29-30-22(20)28-23)16-7-6-14-4-2-3-5-15(14)10-16/h2-7,10,17-18H,8-9,11-12,26H2,1H3,(H,27,28,29,30). The van der Waals surface area contributed by atoms with Gasteiger partial charge in [-0.1, -0.05) is 36.4 Å². The molecule has 2 unspecified atom stereocenters. The van der Waals surface area contributed by atoms with Gasteiger partial charge < -0.3 is 10.6 Å². The molecular formula is C24H23N7. The van der Waals surface area contributed by atoms with E-state index < -0.39 is 0 Å². The molecule has 2 aromatic carbocycles. The summed E-state index contributed by atoms with van der Waals surface area (Å²) in [5.74, 6) is 0.612. The van der Waals surface area contributed by atoms with Crippen molar-refractivity contribution < 1.29 is 0 Å². The minimum absolute atomic E-state index is 0.151. The second-order valence-corrected chi connectivity index (χ2v) is 9.20. The zero-order chi connectivity index (χ0) is 21.2. The van der Waals surface area contributed by atoms with Gasteiger partial charge in [0.05, 0.1) is 5.39 Å². The number of H-pyrrole nitrogens is 1. The topological polar surface area (TPSA) is 108 Å². The molecule has 2 atom stereocenters. The Hall–Kier alpha value is -3.50. The van der Waals surface area contributed by atoms with E-state index in [9.17, 15) is 5.26 Å². The van der Waals surface area contributed by atoms with E-state index in [1.54, 1.807) is 0 Å². The first-order valence-electron chi connectivity index (χ1n) is 10.7. The number of nitrogens with two attached hydrogens (primary N) is 1. The van der Waals surface area contributed by atoms with Crippen molar-refractivity contribution in [3.63, 3.8) is 0 Å². The van der Waals surface area contributed by atoms with E-state index in [0.29, 0.717) is 40.5 Å². The Balaban J connectivity index is 1.46. The Morgan fingerprint density at radius 1 is 1.10 bits per heavy atom. The molecule has 2 aromatic heterocycles. The van der Waals surface area contributed by atoms with Crippen LogP contribution in [-0.2, 0) is 0 Å². The van der Waals surface area contributed by atoms with Crippen molar-refractivity contribution in [2.45, 2.75) is 50.2 Å². The molecule has 31 heavy (non-hydrogen) atoms. The van der Waals surface area contributed by atoms with Crippen LogP contribution >= 0.6 is 0 Å². The van der Waals surface area contributed by atoms with Gasteiger partial charge in [0.1, 0.15) is 11.8 Å². The van der Waals surface area contributed by atoms with Gasteiger partial charge in [0.15, 0.2) is 11.3 Å². The molecule has 7 nitrogen and oxygen atoms in total. The average molecular weight is 409 g/mol. The predicted octanol–water partition coefficient (Wildman–Crippen LogP) is 3.89. The van der Waals surface area contributed by atoms with Crippen molar-refractivity contribution in [2.24, 2.45) is 5.73 Å². The molecule has 154 valence electrons. The molecule has 0 radical (unpaired) electrons. The summed E-state index contributed by atoms with van der Waals surface area (Å²) in [6.45, 7) is 2.13. The molecule has 0 aliphatic carbocycles. The van der Waals surface area contributed by atoms with Crippen molar-refractivity contribution >= 4 is 27.8 Å². The molecule has 2 aliphatic heterocycles. The molecule has 4 heterocycles. The van der Waals surface area contributed by atoms with Gasteiger partial charge in [0.2, 0.25) is 5.95 Å². The summed E-state index contributed by atoms with van der Waals surface area (Å²) in [4.78, 5) is 11.8. The third-order valence-electron chi connectivity index (χ3n) is 6.79. The van der Waals surface area contributed by atoms with Crippen LogP contribution in [0.2, 0.25) is 0 Å². The number of nitrogens with one attached hydrogen (secondary N) is 1. The minimum atomic E-state index is -0.151. The van der Waals surface area contributed by atoms with Gasteiger partial charge in [0.25, 0.3) is 0 Å². The van der Waals surface area contributed by atoms with Crippen LogP contribution in [0.5, 0.6) is 0 Å². The third kappa shape index (κ3) is 2.87. The summed E-state index contributed by atoms with van der Waals surface area (Å²) in [5, 5.41) is 20.5. The quantitative estimate of drug-likeness (QED) is 0.520. The lowest BCUT2D eigenvalue weighted by molar-refractivity contribution is 0.304. The van der Waals surface area contributed by atoms with Gasteiger partial charge in [-0.15, -0.1) is 0 Å². The second kappa shape index (κ2) is 6.50. The molecule has 0 amide bonds. The van der Waals surface area contributed by atoms with E-state index in [-0.39, 0.29) is 5.54 Å². The fraction of sp³-hybridized carbons (Fsp3) is 0.333. The molecule has 7 heteroatoms. The molecule has 0 saturated carbocycles. The van der Waals surface area contributed by atoms with Crippen LogP contribution in [0.1, 0.15) is 38.3 Å². The van der Waals surface area contributed by atoms with Crippen LogP contribution < -0.4 is 10.6 Å². The van der Waals surface area contributed by atoms with Gasteiger partial charge in [-0.05, 0) is 49.4 Å². The summed E-state index contributed by atoms with van der Waals surface area (Å²) >= 11 is 0. The highest BCUT2D eigenvalue weighted by Gasteiger charge is 2.45. The highest BCUT2D eigenvalue weighted by molar-refractivity contribution is 5.97. The molecule has 3 N–H and O–H groups in total. The van der Waals surface area contributed by atoms with Gasteiger partial charge >= 0.3 is 0 Å². The number of rotatable bonds is 2. The summed E-state index contributed by atoms with van der Waals surface area (Å²) in [5.41, 5.74) is 8.91. The Labute approximate surface area is 179 Å². The summed E-state index contributed by atoms with van der Waals surface area (Å²) in [7, 11) is 0. The average Bonchev–Trinajstić information content (AvgIpc) is 3.31. The monoisotopic (exact) mass is 409 g/mol. The Kier molecular flexibility index (Phi) is 3.83. The fourth-order valence-corrected chi connectivity index (χ4v) is 5.51. The number of aromatic amines is 1. The molecule has 4 aromatic rings. The van der Waals surface area contributed by atoms with Crippen LogP contribution in [0.3, 0.4) is 0 Å². The van der Waals surface area contributed by atoms with Crippen molar-refractivity contribution in [1.82, 2.24) is 20.2 Å². The SMILES string of the molecule is CC1(N)CC2CCC(C1)N2c1nc(C#N)c2c(-c3ccc4ccccc4c3)n[nH]c2n1. The smallest absolute Gasteiger partial charge is 0.229 e. The lowest BCUT2D eigenvalue weighted by atomic mass is 9.86. The Bertz CT molecular complexity index is 1350. The summed E-state index contributed by atoms with van der Waals surface area (Å²) in [6, 6.07) is 17.3. The van der Waals surface area contributed by atoms with Crippen LogP contribution in [-0.4, -0.2) is 37.8 Å². The van der Waals surface area contributed by atoms with Crippen molar-refractivity contribution in [3.8, 4) is 17.3 Å². The highest BCUT2D eigenvalue weighted by atomic mass is 15.3. The van der Waals surface area contributed by atoms with Crippen molar-refractivity contribution in [1.29, 1.82) is 5.26 Å². The van der Waals surface area contributed by atoms with Crippen LogP contribution in [0, 0.1) is 11.3 Å². The molecule has 2 bridgehead atoms. The Morgan fingerprint density at radius 3 is 2.58 bits per heavy atom. The largest absolute Gasteiger partial charge is 0.335 e. The lowest BCUT2D eigenvalue weighted by Gasteiger charge is -2.43. The van der Waals surface area contributed by atoms with E-state index in [2.05, 4.69) is 52.4 Å². The summed E-state index contributed by atoms with van der Waals surface area (Å²) < 4.78 is 0. The molecule has 6 rings (SSSR count). The maximum Gasteiger partial charge on any atom is 0.229 e. The summed E-state index contributed by atoms with van der Waals surface area (Å²) in [6.07, 6.45) is 4.01. The zero-order valence-electron chi connectivity index (χ0n) is 17.3. The number of nitriles is 1. The van der Waals surface area contributed by atoms with Crippen molar-refractivity contribution in [3.05, 3.63) is 48.2 Å². The van der Waals surface area contributed by atoms with Gasteiger partial charge in [-0.25, -0.2) is 4.98 Å². The fourth-order valence-electron chi connectivity index (χ4n) is 5.51. The molecule has 2 saturated heterocycles. The maximum atomic E-state index is 9.93. The number of benzene rings is 2. The van der Waals surface area contributed by atoms with Gasteiger partial charge in [0, 0.05) is 23.2 Å². The van der Waals surface area contributed by atoms with Gasteiger partial charge in [-0.2, -0.15) is 15.3 Å². The highest BCUT2D eigenvalue weighted by Crippen LogP contribution is 2.42. The van der Waals surface area contributed by atoms with E-state index in [4.69, 9.17) is 15.7 Å². The number of piperidine rings is 1. The first kappa shape index (κ1) is 18.3. The number of hydrogen-bond acceptors (Lipinski definition) is 6. The number of nitrogens with zero attached hydrogens (tertiary/aromatic N) is 5. The number of aromatic nitrogens is 4. The van der Waals surface area contributed by atoms with Crippen LogP contribution in [0.25, 0.3) is 33.1 Å². The Morgan fingerprint density at radius 2 is 1.84 bits per heavy atom. The van der Waals surface area contributed by atoms with Crippen molar-refractivity contribution in [2.75, 3.05) is 4.90 Å². The normalized spacial score (nSPS) is 25.3.